The zero-order valence-corrected chi connectivity index (χ0v) is 8.34. The molecule has 1 aromatic carbocycles. The van der Waals surface area contributed by atoms with Gasteiger partial charge < -0.3 is 9.57 Å². The van der Waals surface area contributed by atoms with Crippen LogP contribution in [0, 0.1) is 10.1 Å². The standard InChI is InChI=1S/C9H10N2O4/c1-14-9-4-3-7(6-10-15-2)5-8(9)11(12)13/h3-6H,1-2H3/b10-6-. The number of rotatable bonds is 4. The molecule has 0 fully saturated rings. The summed E-state index contributed by atoms with van der Waals surface area (Å²) in [6.07, 6.45) is 1.38. The molecule has 0 atom stereocenters. The Kier molecular flexibility index (Phi) is 3.61. The molecule has 6 nitrogen and oxygen atoms in total. The van der Waals surface area contributed by atoms with Gasteiger partial charge >= 0.3 is 5.69 Å². The van der Waals surface area contributed by atoms with E-state index in [9.17, 15) is 10.1 Å². The van der Waals surface area contributed by atoms with Crippen LogP contribution in [-0.4, -0.2) is 25.4 Å². The highest BCUT2D eigenvalue weighted by Gasteiger charge is 2.14. The zero-order valence-electron chi connectivity index (χ0n) is 8.34. The lowest BCUT2D eigenvalue weighted by Gasteiger charge is -2.01. The second kappa shape index (κ2) is 4.94. The summed E-state index contributed by atoms with van der Waals surface area (Å²) in [5.74, 6) is 0.217. The first-order valence-electron chi connectivity index (χ1n) is 4.08. The fourth-order valence-corrected chi connectivity index (χ4v) is 1.04. The van der Waals surface area contributed by atoms with Gasteiger partial charge in [-0.2, -0.15) is 0 Å². The fraction of sp³-hybridized carbons (Fsp3) is 0.222. The Bertz CT molecular complexity index is 390. The molecule has 0 aliphatic carbocycles. The topological polar surface area (TPSA) is 74.0 Å². The zero-order chi connectivity index (χ0) is 11.3. The van der Waals surface area contributed by atoms with E-state index in [0.717, 1.165) is 0 Å². The molecule has 0 heterocycles. The van der Waals surface area contributed by atoms with Crippen molar-refractivity contribution in [1.29, 1.82) is 0 Å². The van der Waals surface area contributed by atoms with E-state index in [1.807, 2.05) is 0 Å². The SMILES string of the molecule is CO/N=C\c1ccc(OC)c([N+](=O)[O-])c1. The first-order chi connectivity index (χ1) is 7.19. The predicted molar refractivity (Wildman–Crippen MR) is 54.3 cm³/mol. The molecule has 0 aliphatic heterocycles. The van der Waals surface area contributed by atoms with Crippen molar-refractivity contribution >= 4 is 11.9 Å². The quantitative estimate of drug-likeness (QED) is 0.429. The van der Waals surface area contributed by atoms with E-state index in [2.05, 4.69) is 9.99 Å². The molecule has 80 valence electrons. The van der Waals surface area contributed by atoms with Gasteiger partial charge in [-0.3, -0.25) is 10.1 Å². The molecule has 0 bridgehead atoms. The van der Waals surface area contributed by atoms with Crippen LogP contribution in [0.1, 0.15) is 5.56 Å². The molecule has 0 unspecified atom stereocenters. The summed E-state index contributed by atoms with van der Waals surface area (Å²) >= 11 is 0. The van der Waals surface area contributed by atoms with Crippen LogP contribution in [0.4, 0.5) is 5.69 Å². The van der Waals surface area contributed by atoms with Crippen molar-refractivity contribution in [1.82, 2.24) is 0 Å². The maximum atomic E-state index is 10.7. The van der Waals surface area contributed by atoms with Gasteiger partial charge in [0.1, 0.15) is 7.11 Å². The lowest BCUT2D eigenvalue weighted by molar-refractivity contribution is -0.385. The first-order valence-corrected chi connectivity index (χ1v) is 4.08. The second-order valence-electron chi connectivity index (χ2n) is 2.61. The van der Waals surface area contributed by atoms with Crippen molar-refractivity contribution in [2.45, 2.75) is 0 Å². The Labute approximate surface area is 86.3 Å². The number of ether oxygens (including phenoxy) is 1. The highest BCUT2D eigenvalue weighted by atomic mass is 16.6. The van der Waals surface area contributed by atoms with Crippen LogP contribution in [0.2, 0.25) is 0 Å². The summed E-state index contributed by atoms with van der Waals surface area (Å²) in [7, 11) is 2.78. The van der Waals surface area contributed by atoms with E-state index < -0.39 is 4.92 Å². The largest absolute Gasteiger partial charge is 0.490 e. The number of hydrogen-bond acceptors (Lipinski definition) is 5. The molecule has 0 aliphatic rings. The van der Waals surface area contributed by atoms with Gasteiger partial charge in [0.25, 0.3) is 0 Å². The van der Waals surface area contributed by atoms with Crippen LogP contribution in [0.3, 0.4) is 0 Å². The normalized spacial score (nSPS) is 10.3. The highest BCUT2D eigenvalue weighted by Crippen LogP contribution is 2.26. The van der Waals surface area contributed by atoms with Crippen molar-refractivity contribution in [3.05, 3.63) is 33.9 Å². The minimum absolute atomic E-state index is 0.0995. The van der Waals surface area contributed by atoms with Crippen molar-refractivity contribution in [2.75, 3.05) is 14.2 Å². The van der Waals surface area contributed by atoms with Crippen LogP contribution in [0.15, 0.2) is 23.4 Å². The predicted octanol–water partition coefficient (Wildman–Crippen LogP) is 1.58. The summed E-state index contributed by atoms with van der Waals surface area (Å²) in [6.45, 7) is 0. The van der Waals surface area contributed by atoms with Crippen molar-refractivity contribution in [3.8, 4) is 5.75 Å². The molecule has 0 radical (unpaired) electrons. The van der Waals surface area contributed by atoms with Crippen LogP contribution in [-0.2, 0) is 4.84 Å². The van der Waals surface area contributed by atoms with E-state index in [0.29, 0.717) is 5.56 Å². The Hall–Kier alpha value is -2.11. The summed E-state index contributed by atoms with van der Waals surface area (Å²) in [5, 5.41) is 14.2. The first kappa shape index (κ1) is 11.0. The van der Waals surface area contributed by atoms with E-state index >= 15 is 0 Å². The average Bonchev–Trinajstić information content (AvgIpc) is 2.25. The third-order valence-corrected chi connectivity index (χ3v) is 1.71. The van der Waals surface area contributed by atoms with Gasteiger partial charge in [-0.15, -0.1) is 0 Å². The number of nitro benzene ring substituents is 1. The van der Waals surface area contributed by atoms with Crippen LogP contribution in [0.5, 0.6) is 5.75 Å². The smallest absolute Gasteiger partial charge is 0.311 e. The van der Waals surface area contributed by atoms with Crippen LogP contribution in [0.25, 0.3) is 0 Å². The number of nitrogens with zero attached hydrogens (tertiary/aromatic N) is 2. The third-order valence-electron chi connectivity index (χ3n) is 1.71. The van der Waals surface area contributed by atoms with Gasteiger partial charge in [0.2, 0.25) is 0 Å². The van der Waals surface area contributed by atoms with E-state index in [1.165, 1.54) is 32.6 Å². The summed E-state index contributed by atoms with van der Waals surface area (Å²) in [4.78, 5) is 14.6. The fourth-order valence-electron chi connectivity index (χ4n) is 1.04. The number of benzene rings is 1. The molecule has 0 N–H and O–H groups in total. The Balaban J connectivity index is 3.10. The van der Waals surface area contributed by atoms with Crippen molar-refractivity contribution in [2.24, 2.45) is 5.16 Å². The number of nitro groups is 1. The Morgan fingerprint density at radius 2 is 2.20 bits per heavy atom. The molecular formula is C9H10N2O4. The van der Waals surface area contributed by atoms with Crippen molar-refractivity contribution < 1.29 is 14.5 Å². The van der Waals surface area contributed by atoms with Crippen LogP contribution < -0.4 is 4.74 Å². The Morgan fingerprint density at radius 3 is 2.73 bits per heavy atom. The molecule has 0 saturated carbocycles. The highest BCUT2D eigenvalue weighted by molar-refractivity contribution is 5.81. The molecule has 0 amide bonds. The average molecular weight is 210 g/mol. The van der Waals surface area contributed by atoms with Crippen LogP contribution >= 0.6 is 0 Å². The Morgan fingerprint density at radius 1 is 1.47 bits per heavy atom. The van der Waals surface area contributed by atoms with Gasteiger partial charge in [-0.05, 0) is 12.1 Å². The third kappa shape index (κ3) is 2.67. The molecule has 0 aromatic heterocycles. The number of oxime groups is 1. The van der Waals surface area contributed by atoms with E-state index in [4.69, 9.17) is 4.74 Å². The maximum absolute atomic E-state index is 10.7. The molecule has 1 rings (SSSR count). The van der Waals surface area contributed by atoms with Gasteiger partial charge in [-0.25, -0.2) is 0 Å². The summed E-state index contributed by atoms with van der Waals surface area (Å²) < 4.78 is 4.85. The molecule has 1 aromatic rings. The molecule has 0 saturated heterocycles. The maximum Gasteiger partial charge on any atom is 0.311 e. The number of hydrogen-bond donors (Lipinski definition) is 0. The van der Waals surface area contributed by atoms with Gasteiger partial charge in [0.05, 0.1) is 18.2 Å². The lowest BCUT2D eigenvalue weighted by Crippen LogP contribution is -1.95. The summed E-state index contributed by atoms with van der Waals surface area (Å²) in [6, 6.07) is 4.52. The molecule has 15 heavy (non-hydrogen) atoms. The van der Waals surface area contributed by atoms with E-state index in [-0.39, 0.29) is 11.4 Å². The van der Waals surface area contributed by atoms with Gasteiger partial charge in [0.15, 0.2) is 5.75 Å². The minimum atomic E-state index is -0.511. The second-order valence-corrected chi connectivity index (χ2v) is 2.61. The van der Waals surface area contributed by atoms with Crippen molar-refractivity contribution in [3.63, 3.8) is 0 Å². The van der Waals surface area contributed by atoms with Gasteiger partial charge in [0, 0.05) is 11.6 Å². The summed E-state index contributed by atoms with van der Waals surface area (Å²) in [5.41, 5.74) is 0.474. The monoisotopic (exact) mass is 210 g/mol. The molecule has 0 spiro atoms. The molecular weight excluding hydrogens is 200 g/mol. The lowest BCUT2D eigenvalue weighted by atomic mass is 10.2. The van der Waals surface area contributed by atoms with E-state index in [1.54, 1.807) is 6.07 Å². The van der Waals surface area contributed by atoms with Gasteiger partial charge in [-0.1, -0.05) is 5.16 Å². The number of methoxy groups -OCH3 is 1. The molecule has 6 heteroatoms. The minimum Gasteiger partial charge on any atom is -0.490 e.